The lowest BCUT2D eigenvalue weighted by molar-refractivity contribution is -0.870. The summed E-state index contributed by atoms with van der Waals surface area (Å²) < 4.78 is 29.3. The Labute approximate surface area is 227 Å². The van der Waals surface area contributed by atoms with Gasteiger partial charge in [0.15, 0.2) is 0 Å². The van der Waals surface area contributed by atoms with Gasteiger partial charge in [0.2, 0.25) is 0 Å². The largest absolute Gasteiger partial charge is 0.472 e. The number of primary amides is 1. The first-order valence-corrected chi connectivity index (χ1v) is 16.1. The van der Waals surface area contributed by atoms with Crippen LogP contribution in [-0.2, 0) is 18.3 Å². The van der Waals surface area contributed by atoms with Gasteiger partial charge in [-0.3, -0.25) is 9.05 Å². The molecule has 0 aliphatic carbocycles. The molecule has 0 saturated carbocycles. The van der Waals surface area contributed by atoms with E-state index < -0.39 is 20.0 Å². The topological polar surface area (TPSA) is 111 Å². The number of carbonyl (C=O) groups excluding carboxylic acids is 1. The zero-order valence-electron chi connectivity index (χ0n) is 24.6. The Bertz CT molecular complexity index is 603. The number of likely N-dealkylation sites (N-methyl/N-ethyl adjacent to an activating group) is 2. The number of phosphoric acid groups is 1. The Hall–Kier alpha value is -0.700. The second-order valence-corrected chi connectivity index (χ2v) is 12.5. The van der Waals surface area contributed by atoms with Crippen molar-refractivity contribution in [1.29, 1.82) is 0 Å². The summed E-state index contributed by atoms with van der Waals surface area (Å²) in [6.07, 6.45) is 17.3. The van der Waals surface area contributed by atoms with E-state index in [4.69, 9.17) is 19.5 Å². The number of hydrogen-bond acceptors (Lipinski definition) is 5. The van der Waals surface area contributed by atoms with Crippen molar-refractivity contribution in [3.8, 4) is 0 Å². The molecule has 0 radical (unpaired) electrons. The van der Waals surface area contributed by atoms with Gasteiger partial charge in [-0.15, -0.1) is 0 Å². The number of rotatable bonds is 26. The van der Waals surface area contributed by atoms with Crippen molar-refractivity contribution in [2.24, 2.45) is 5.73 Å². The normalized spacial score (nSPS) is 14.4. The molecule has 10 heteroatoms. The molecule has 0 aromatic heterocycles. The second kappa shape index (κ2) is 22.2. The van der Waals surface area contributed by atoms with Crippen LogP contribution < -0.4 is 5.73 Å². The maximum absolute atomic E-state index is 12.4. The highest BCUT2D eigenvalue weighted by atomic mass is 31.2. The van der Waals surface area contributed by atoms with E-state index >= 15 is 0 Å². The summed E-state index contributed by atoms with van der Waals surface area (Å²) in [5, 5.41) is 0. The van der Waals surface area contributed by atoms with Crippen LogP contribution >= 0.6 is 7.82 Å². The van der Waals surface area contributed by atoms with Crippen molar-refractivity contribution in [3.05, 3.63) is 0 Å². The Morgan fingerprint density at radius 2 is 1.35 bits per heavy atom. The molecule has 0 rings (SSSR count). The van der Waals surface area contributed by atoms with Crippen LogP contribution in [-0.4, -0.2) is 87.0 Å². The number of nitrogens with two attached hydrogens (primary N) is 1. The van der Waals surface area contributed by atoms with E-state index in [9.17, 15) is 14.3 Å². The third-order valence-electron chi connectivity index (χ3n) is 6.36. The lowest BCUT2D eigenvalue weighted by Crippen LogP contribution is -2.43. The Morgan fingerprint density at radius 1 is 0.865 bits per heavy atom. The number of ether oxygens (including phenoxy) is 1. The van der Waals surface area contributed by atoms with Crippen molar-refractivity contribution in [2.45, 2.75) is 110 Å². The highest BCUT2D eigenvalue weighted by Crippen LogP contribution is 2.44. The minimum atomic E-state index is -4.29. The SMILES string of the molecule is CCCCCCCCCCCCCCCCOCC(CN(CC)C(N)=O)OP(=O)(O)OCC[N+](C)(C)C. The fraction of sp³-hybridized carbons (Fsp3) is 0.963. The Morgan fingerprint density at radius 3 is 1.78 bits per heavy atom. The molecule has 0 aliphatic heterocycles. The first-order chi connectivity index (χ1) is 17.5. The van der Waals surface area contributed by atoms with Gasteiger partial charge in [-0.2, -0.15) is 0 Å². The first-order valence-electron chi connectivity index (χ1n) is 14.6. The number of nitrogens with zero attached hydrogens (tertiary/aromatic N) is 2. The molecule has 2 amide bonds. The molecule has 2 atom stereocenters. The maximum Gasteiger partial charge on any atom is 0.472 e. The number of phosphoric ester groups is 1. The van der Waals surface area contributed by atoms with E-state index in [0.717, 1.165) is 12.8 Å². The van der Waals surface area contributed by atoms with Gasteiger partial charge in [0.25, 0.3) is 0 Å². The van der Waals surface area contributed by atoms with Crippen molar-refractivity contribution < 1.29 is 32.5 Å². The molecule has 0 saturated heterocycles. The third kappa shape index (κ3) is 24.1. The smallest absolute Gasteiger partial charge is 0.379 e. The van der Waals surface area contributed by atoms with Gasteiger partial charge in [0, 0.05) is 13.2 Å². The fourth-order valence-electron chi connectivity index (χ4n) is 4.00. The zero-order chi connectivity index (χ0) is 28.0. The van der Waals surface area contributed by atoms with Gasteiger partial charge in [-0.25, -0.2) is 9.36 Å². The standard InChI is InChI=1S/C27H58N3O6P/c1-6-8-9-10-11-12-13-14-15-16-17-18-19-20-22-34-25-26(24-29(7-2)27(28)31)36-37(32,33)35-23-21-30(3,4)5/h26H,6-25H2,1-5H3,(H2-,28,31,32,33)/p+1. The fourth-order valence-corrected chi connectivity index (χ4v) is 4.88. The minimum absolute atomic E-state index is 0.0633. The van der Waals surface area contributed by atoms with Crippen LogP contribution in [0.3, 0.4) is 0 Å². The summed E-state index contributed by atoms with van der Waals surface area (Å²) >= 11 is 0. The van der Waals surface area contributed by atoms with Crippen molar-refractivity contribution in [1.82, 2.24) is 4.90 Å². The monoisotopic (exact) mass is 552 g/mol. The number of carbonyl (C=O) groups is 1. The van der Waals surface area contributed by atoms with E-state index in [1.807, 2.05) is 21.1 Å². The van der Waals surface area contributed by atoms with Crippen LogP contribution in [0.15, 0.2) is 0 Å². The lowest BCUT2D eigenvalue weighted by Gasteiger charge is -2.27. The summed E-state index contributed by atoms with van der Waals surface area (Å²) in [6.45, 7) is 5.74. The van der Waals surface area contributed by atoms with E-state index in [1.54, 1.807) is 6.92 Å². The average molecular weight is 553 g/mol. The highest BCUT2D eigenvalue weighted by molar-refractivity contribution is 7.47. The summed E-state index contributed by atoms with van der Waals surface area (Å²) in [5.41, 5.74) is 5.40. The number of hydrogen-bond donors (Lipinski definition) is 2. The van der Waals surface area contributed by atoms with Gasteiger partial charge in [-0.05, 0) is 13.3 Å². The molecule has 0 aromatic rings. The molecule has 9 nitrogen and oxygen atoms in total. The zero-order valence-corrected chi connectivity index (χ0v) is 25.5. The highest BCUT2D eigenvalue weighted by Gasteiger charge is 2.29. The molecule has 0 heterocycles. The van der Waals surface area contributed by atoms with Crippen molar-refractivity contribution in [3.63, 3.8) is 0 Å². The molecular formula is C27H59N3O6P+. The molecule has 2 unspecified atom stereocenters. The minimum Gasteiger partial charge on any atom is -0.379 e. The number of unbranched alkanes of at least 4 members (excludes halogenated alkanes) is 13. The number of urea groups is 1. The van der Waals surface area contributed by atoms with Crippen LogP contribution in [0.2, 0.25) is 0 Å². The molecule has 222 valence electrons. The van der Waals surface area contributed by atoms with Gasteiger partial charge in [-0.1, -0.05) is 90.4 Å². The van der Waals surface area contributed by atoms with Crippen LogP contribution in [0.4, 0.5) is 4.79 Å². The molecule has 0 spiro atoms. The van der Waals surface area contributed by atoms with Crippen molar-refractivity contribution >= 4 is 13.9 Å². The molecule has 3 N–H and O–H groups in total. The summed E-state index contributed by atoms with van der Waals surface area (Å²) in [7, 11) is 1.60. The maximum atomic E-state index is 12.4. The van der Waals surface area contributed by atoms with Crippen molar-refractivity contribution in [2.75, 3.05) is 60.6 Å². The molecule has 0 bridgehead atoms. The average Bonchev–Trinajstić information content (AvgIpc) is 2.80. The van der Waals surface area contributed by atoms with Gasteiger partial charge >= 0.3 is 13.9 Å². The first kappa shape index (κ1) is 36.3. The Balaban J connectivity index is 4.11. The van der Waals surface area contributed by atoms with E-state index in [-0.39, 0.29) is 19.8 Å². The van der Waals surface area contributed by atoms with Crippen LogP contribution in [0.5, 0.6) is 0 Å². The lowest BCUT2D eigenvalue weighted by atomic mass is 10.0. The Kier molecular flexibility index (Phi) is 21.7. The number of quaternary nitrogens is 1. The van der Waals surface area contributed by atoms with Gasteiger partial charge < -0.3 is 24.7 Å². The summed E-state index contributed by atoms with van der Waals surface area (Å²) in [4.78, 5) is 23.1. The third-order valence-corrected chi connectivity index (χ3v) is 7.44. The van der Waals surface area contributed by atoms with Gasteiger partial charge in [0.1, 0.15) is 19.3 Å². The summed E-state index contributed by atoms with van der Waals surface area (Å²) in [5.74, 6) is 0. The molecular weight excluding hydrogens is 493 g/mol. The van der Waals surface area contributed by atoms with Crippen LogP contribution in [0, 0.1) is 0 Å². The van der Waals surface area contributed by atoms with E-state index in [2.05, 4.69) is 6.92 Å². The van der Waals surface area contributed by atoms with E-state index in [1.165, 1.54) is 81.9 Å². The molecule has 0 aliphatic rings. The second-order valence-electron chi connectivity index (χ2n) is 11.1. The quantitative estimate of drug-likeness (QED) is 0.0763. The van der Waals surface area contributed by atoms with Gasteiger partial charge in [0.05, 0.1) is 34.3 Å². The number of amides is 2. The van der Waals surface area contributed by atoms with Crippen LogP contribution in [0.1, 0.15) is 104 Å². The summed E-state index contributed by atoms with van der Waals surface area (Å²) in [6, 6.07) is -0.609. The molecule has 37 heavy (non-hydrogen) atoms. The molecule has 0 fully saturated rings. The molecule has 0 aromatic carbocycles. The van der Waals surface area contributed by atoms with E-state index in [0.29, 0.717) is 24.2 Å². The van der Waals surface area contributed by atoms with Crippen LogP contribution in [0.25, 0.3) is 0 Å². The predicted octanol–water partition coefficient (Wildman–Crippen LogP) is 6.09. The predicted molar refractivity (Wildman–Crippen MR) is 152 cm³/mol.